The van der Waals surface area contributed by atoms with Gasteiger partial charge in [0, 0.05) is 28.3 Å². The monoisotopic (exact) mass is 419 g/mol. The van der Waals surface area contributed by atoms with Crippen molar-refractivity contribution in [3.8, 4) is 10.6 Å². The molecule has 0 atom stereocenters. The fraction of sp³-hybridized carbons (Fsp3) is 0.381. The number of hydrogen-bond acceptors (Lipinski definition) is 6. The van der Waals surface area contributed by atoms with Crippen LogP contribution in [0.2, 0.25) is 5.02 Å². The van der Waals surface area contributed by atoms with E-state index in [-0.39, 0.29) is 17.8 Å². The van der Waals surface area contributed by atoms with Crippen molar-refractivity contribution in [3.63, 3.8) is 0 Å². The van der Waals surface area contributed by atoms with Crippen molar-refractivity contribution in [1.82, 2.24) is 4.98 Å². The average Bonchev–Trinajstić information content (AvgIpc) is 2.95. The highest BCUT2D eigenvalue weighted by Crippen LogP contribution is 2.43. The zero-order valence-electron chi connectivity index (χ0n) is 16.3. The summed E-state index contributed by atoms with van der Waals surface area (Å²) in [6.45, 7) is 7.77. The second kappa shape index (κ2) is 8.05. The summed E-state index contributed by atoms with van der Waals surface area (Å²) >= 11 is 7.45. The SMILES string of the molecule is CCOC(=O)OC1=C(c2nc(-c3ccc(Cl)cc3)sc2C)C(=O)CC(C)(C)C1. The van der Waals surface area contributed by atoms with Crippen molar-refractivity contribution in [2.75, 3.05) is 6.61 Å². The van der Waals surface area contributed by atoms with Crippen LogP contribution < -0.4 is 0 Å². The number of aryl methyl sites for hydroxylation is 1. The molecule has 0 amide bonds. The second-order valence-corrected chi connectivity index (χ2v) is 9.09. The molecule has 0 saturated carbocycles. The molecule has 7 heteroatoms. The van der Waals surface area contributed by atoms with E-state index >= 15 is 0 Å². The van der Waals surface area contributed by atoms with Crippen LogP contribution in [0, 0.1) is 12.3 Å². The molecule has 0 aliphatic heterocycles. The van der Waals surface area contributed by atoms with Gasteiger partial charge < -0.3 is 9.47 Å². The van der Waals surface area contributed by atoms with Crippen LogP contribution in [0.1, 0.15) is 44.2 Å². The molecule has 5 nitrogen and oxygen atoms in total. The van der Waals surface area contributed by atoms with E-state index in [1.165, 1.54) is 11.3 Å². The number of thiazole rings is 1. The quantitative estimate of drug-likeness (QED) is 0.564. The first-order valence-corrected chi connectivity index (χ1v) is 10.2. The van der Waals surface area contributed by atoms with Gasteiger partial charge in [0.25, 0.3) is 0 Å². The fourth-order valence-corrected chi connectivity index (χ4v) is 4.26. The molecule has 1 aliphatic carbocycles. The molecule has 3 rings (SSSR count). The van der Waals surface area contributed by atoms with Gasteiger partial charge in [0.1, 0.15) is 10.8 Å². The van der Waals surface area contributed by atoms with Crippen molar-refractivity contribution < 1.29 is 19.1 Å². The molecule has 148 valence electrons. The van der Waals surface area contributed by atoms with E-state index < -0.39 is 6.16 Å². The van der Waals surface area contributed by atoms with Gasteiger partial charge in [-0.05, 0) is 31.4 Å². The van der Waals surface area contributed by atoms with E-state index in [0.29, 0.717) is 34.9 Å². The Labute approximate surface area is 173 Å². The number of aromatic nitrogens is 1. The number of nitrogens with zero attached hydrogens (tertiary/aromatic N) is 1. The van der Waals surface area contributed by atoms with E-state index in [1.807, 2.05) is 32.9 Å². The van der Waals surface area contributed by atoms with Crippen molar-refractivity contribution in [1.29, 1.82) is 0 Å². The van der Waals surface area contributed by atoms with Crippen LogP contribution in [0.5, 0.6) is 0 Å². The zero-order chi connectivity index (χ0) is 20.5. The minimum atomic E-state index is -0.800. The lowest BCUT2D eigenvalue weighted by molar-refractivity contribution is -0.116. The molecular formula is C21H22ClNO4S. The van der Waals surface area contributed by atoms with Crippen LogP contribution in [0.4, 0.5) is 4.79 Å². The highest BCUT2D eigenvalue weighted by atomic mass is 35.5. The van der Waals surface area contributed by atoms with Crippen molar-refractivity contribution >= 4 is 40.4 Å². The van der Waals surface area contributed by atoms with Gasteiger partial charge in [-0.15, -0.1) is 11.3 Å². The zero-order valence-corrected chi connectivity index (χ0v) is 17.9. The summed E-state index contributed by atoms with van der Waals surface area (Å²) < 4.78 is 10.3. The predicted molar refractivity (Wildman–Crippen MR) is 110 cm³/mol. The average molecular weight is 420 g/mol. The van der Waals surface area contributed by atoms with Crippen LogP contribution in [-0.4, -0.2) is 23.5 Å². The molecule has 1 aromatic carbocycles. The molecule has 0 N–H and O–H groups in total. The van der Waals surface area contributed by atoms with E-state index in [2.05, 4.69) is 0 Å². The summed E-state index contributed by atoms with van der Waals surface area (Å²) in [6, 6.07) is 7.38. The Morgan fingerprint density at radius 1 is 1.25 bits per heavy atom. The topological polar surface area (TPSA) is 65.5 Å². The molecule has 1 aromatic heterocycles. The summed E-state index contributed by atoms with van der Waals surface area (Å²) in [5, 5.41) is 1.43. The number of benzene rings is 1. The lowest BCUT2D eigenvalue weighted by Gasteiger charge is -2.30. The van der Waals surface area contributed by atoms with E-state index in [1.54, 1.807) is 19.1 Å². The molecule has 0 unspecified atom stereocenters. The Kier molecular flexibility index (Phi) is 5.91. The van der Waals surface area contributed by atoms with E-state index in [0.717, 1.165) is 15.4 Å². The highest BCUT2D eigenvalue weighted by molar-refractivity contribution is 7.15. The Bertz CT molecular complexity index is 944. The van der Waals surface area contributed by atoms with Crippen molar-refractivity contribution in [3.05, 3.63) is 45.6 Å². The molecule has 0 spiro atoms. The van der Waals surface area contributed by atoms with Gasteiger partial charge in [-0.2, -0.15) is 0 Å². The number of hydrogen-bond donors (Lipinski definition) is 0. The Morgan fingerprint density at radius 3 is 2.57 bits per heavy atom. The predicted octanol–water partition coefficient (Wildman–Crippen LogP) is 6.05. The minimum Gasteiger partial charge on any atom is -0.434 e. The fourth-order valence-electron chi connectivity index (χ4n) is 3.21. The molecule has 2 aromatic rings. The summed E-state index contributed by atoms with van der Waals surface area (Å²) in [5.74, 6) is 0.252. The van der Waals surface area contributed by atoms with Gasteiger partial charge in [0.15, 0.2) is 5.78 Å². The Balaban J connectivity index is 2.06. The number of ketones is 1. The molecular weight excluding hydrogens is 398 g/mol. The number of rotatable bonds is 4. The summed E-state index contributed by atoms with van der Waals surface area (Å²) in [7, 11) is 0. The first-order valence-electron chi connectivity index (χ1n) is 9.05. The maximum atomic E-state index is 13.0. The van der Waals surface area contributed by atoms with Gasteiger partial charge in [-0.1, -0.05) is 37.6 Å². The first kappa shape index (κ1) is 20.6. The van der Waals surface area contributed by atoms with Gasteiger partial charge in [0.05, 0.1) is 17.9 Å². The molecule has 0 bridgehead atoms. The maximum absolute atomic E-state index is 13.0. The van der Waals surface area contributed by atoms with Crippen LogP contribution in [0.15, 0.2) is 30.0 Å². The van der Waals surface area contributed by atoms with Gasteiger partial charge >= 0.3 is 6.16 Å². The molecule has 1 aliphatic rings. The van der Waals surface area contributed by atoms with Crippen LogP contribution in [0.25, 0.3) is 16.1 Å². The van der Waals surface area contributed by atoms with E-state index in [9.17, 15) is 9.59 Å². The second-order valence-electron chi connectivity index (χ2n) is 7.45. The number of halogens is 1. The van der Waals surface area contributed by atoms with Crippen molar-refractivity contribution in [2.45, 2.75) is 40.5 Å². The van der Waals surface area contributed by atoms with Crippen LogP contribution in [0.3, 0.4) is 0 Å². The molecule has 28 heavy (non-hydrogen) atoms. The Morgan fingerprint density at radius 2 is 1.93 bits per heavy atom. The summed E-state index contributed by atoms with van der Waals surface area (Å²) in [4.78, 5) is 30.5. The van der Waals surface area contributed by atoms with Gasteiger partial charge in [-0.25, -0.2) is 9.78 Å². The molecule has 1 heterocycles. The summed E-state index contributed by atoms with van der Waals surface area (Å²) in [5.41, 5.74) is 1.56. The molecule has 0 saturated heterocycles. The number of carbonyl (C=O) groups is 2. The third kappa shape index (κ3) is 4.45. The highest BCUT2D eigenvalue weighted by Gasteiger charge is 2.37. The van der Waals surface area contributed by atoms with Crippen LogP contribution >= 0.6 is 22.9 Å². The molecule has 0 fully saturated rings. The largest absolute Gasteiger partial charge is 0.513 e. The maximum Gasteiger partial charge on any atom is 0.513 e. The lowest BCUT2D eigenvalue weighted by Crippen LogP contribution is -2.27. The van der Waals surface area contributed by atoms with Gasteiger partial charge in [-0.3, -0.25) is 4.79 Å². The van der Waals surface area contributed by atoms with Gasteiger partial charge in [0.2, 0.25) is 0 Å². The van der Waals surface area contributed by atoms with Crippen LogP contribution in [-0.2, 0) is 14.3 Å². The van der Waals surface area contributed by atoms with Crippen molar-refractivity contribution in [2.24, 2.45) is 5.41 Å². The minimum absolute atomic E-state index is 0.0772. The Hall–Kier alpha value is -2.18. The third-order valence-corrected chi connectivity index (χ3v) is 5.70. The summed E-state index contributed by atoms with van der Waals surface area (Å²) in [6.07, 6.45) is 0.0251. The number of ether oxygens (including phenoxy) is 2. The van der Waals surface area contributed by atoms with E-state index in [4.69, 9.17) is 26.1 Å². The normalized spacial score (nSPS) is 16.2. The molecule has 0 radical (unpaired) electrons. The number of allylic oxidation sites excluding steroid dienone is 2. The number of Topliss-reactive ketones (excluding diaryl/α,β-unsaturated/α-hetero) is 1. The number of carbonyl (C=O) groups excluding carboxylic acids is 2. The smallest absolute Gasteiger partial charge is 0.434 e. The first-order chi connectivity index (χ1) is 13.2. The lowest BCUT2D eigenvalue weighted by atomic mass is 9.76. The third-order valence-electron chi connectivity index (χ3n) is 4.43. The standard InChI is InChI=1S/C21H22ClNO4S/c1-5-26-20(25)27-16-11-21(3,4)10-15(24)17(16)18-12(2)28-19(23-18)13-6-8-14(22)9-7-13/h6-9H,5,10-11H2,1-4H3.